The van der Waals surface area contributed by atoms with Crippen LogP contribution in [0.2, 0.25) is 5.02 Å². The van der Waals surface area contributed by atoms with Crippen LogP contribution in [0.3, 0.4) is 0 Å². The van der Waals surface area contributed by atoms with Gasteiger partial charge in [-0.1, -0.05) is 28.9 Å². The average Bonchev–Trinajstić information content (AvgIpc) is 2.86. The SMILES string of the molecule is CC(NC(=O)O)NC(=O)c1nocc1-c1cccc(Cl)c1. The van der Waals surface area contributed by atoms with Crippen molar-refractivity contribution in [3.8, 4) is 11.1 Å². The Hall–Kier alpha value is -2.54. The highest BCUT2D eigenvalue weighted by atomic mass is 35.5. The van der Waals surface area contributed by atoms with Crippen LogP contribution in [0.15, 0.2) is 35.1 Å². The summed E-state index contributed by atoms with van der Waals surface area (Å²) in [5, 5.41) is 17.3. The van der Waals surface area contributed by atoms with Crippen LogP contribution < -0.4 is 10.6 Å². The molecule has 2 amide bonds. The van der Waals surface area contributed by atoms with E-state index in [1.807, 2.05) is 0 Å². The number of amides is 2. The lowest BCUT2D eigenvalue weighted by Crippen LogP contribution is -2.45. The Balaban J connectivity index is 2.20. The Morgan fingerprint density at radius 1 is 1.38 bits per heavy atom. The van der Waals surface area contributed by atoms with Gasteiger partial charge < -0.3 is 20.3 Å². The maximum Gasteiger partial charge on any atom is 0.406 e. The molecule has 0 saturated heterocycles. The second-order valence-electron chi connectivity index (χ2n) is 4.23. The third-order valence-electron chi connectivity index (χ3n) is 2.61. The molecule has 21 heavy (non-hydrogen) atoms. The van der Waals surface area contributed by atoms with Crippen LogP contribution in [0, 0.1) is 0 Å². The van der Waals surface area contributed by atoms with E-state index in [1.165, 1.54) is 13.2 Å². The summed E-state index contributed by atoms with van der Waals surface area (Å²) in [6.45, 7) is 1.49. The van der Waals surface area contributed by atoms with E-state index in [9.17, 15) is 9.59 Å². The molecular formula is C13H12ClN3O4. The Kier molecular flexibility index (Phi) is 4.44. The van der Waals surface area contributed by atoms with Gasteiger partial charge in [0, 0.05) is 5.02 Å². The average molecular weight is 310 g/mol. The molecule has 2 rings (SSSR count). The number of rotatable bonds is 4. The van der Waals surface area contributed by atoms with Crippen LogP contribution in [-0.2, 0) is 0 Å². The van der Waals surface area contributed by atoms with Crippen LogP contribution >= 0.6 is 11.6 Å². The number of carbonyl (C=O) groups is 2. The van der Waals surface area contributed by atoms with E-state index < -0.39 is 18.2 Å². The molecule has 3 N–H and O–H groups in total. The van der Waals surface area contributed by atoms with E-state index in [0.29, 0.717) is 16.1 Å². The molecule has 0 bridgehead atoms. The van der Waals surface area contributed by atoms with Gasteiger partial charge in [0.15, 0.2) is 5.69 Å². The molecule has 0 radical (unpaired) electrons. The van der Waals surface area contributed by atoms with Gasteiger partial charge in [0.1, 0.15) is 12.4 Å². The molecule has 1 aromatic heterocycles. The lowest BCUT2D eigenvalue weighted by molar-refractivity contribution is 0.0925. The van der Waals surface area contributed by atoms with Gasteiger partial charge >= 0.3 is 6.09 Å². The molecule has 0 saturated carbocycles. The summed E-state index contributed by atoms with van der Waals surface area (Å²) in [6.07, 6.45) is -0.674. The second-order valence-corrected chi connectivity index (χ2v) is 4.67. The number of nitrogens with zero attached hydrogens (tertiary/aromatic N) is 1. The summed E-state index contributed by atoms with van der Waals surface area (Å²) in [7, 11) is 0. The van der Waals surface area contributed by atoms with Gasteiger partial charge in [0.2, 0.25) is 0 Å². The van der Waals surface area contributed by atoms with Crippen LogP contribution in [0.5, 0.6) is 0 Å². The Morgan fingerprint density at radius 3 is 2.81 bits per heavy atom. The number of carbonyl (C=O) groups excluding carboxylic acids is 1. The topological polar surface area (TPSA) is 104 Å². The lowest BCUT2D eigenvalue weighted by Gasteiger charge is -2.12. The maximum absolute atomic E-state index is 12.1. The predicted molar refractivity (Wildman–Crippen MR) is 75.0 cm³/mol. The number of nitrogens with one attached hydrogen (secondary N) is 2. The fraction of sp³-hybridized carbons (Fsp3) is 0.154. The maximum atomic E-state index is 12.1. The van der Waals surface area contributed by atoms with Crippen LogP contribution in [0.25, 0.3) is 11.1 Å². The summed E-state index contributed by atoms with van der Waals surface area (Å²) in [5.74, 6) is -0.556. The van der Waals surface area contributed by atoms with Crippen molar-refractivity contribution in [1.29, 1.82) is 0 Å². The third kappa shape index (κ3) is 3.73. The number of carboxylic acid groups (broad SMARTS) is 1. The molecule has 0 spiro atoms. The molecule has 7 nitrogen and oxygen atoms in total. The highest BCUT2D eigenvalue weighted by molar-refractivity contribution is 6.30. The van der Waals surface area contributed by atoms with Gasteiger partial charge in [0.05, 0.1) is 5.56 Å². The number of benzene rings is 1. The standard InChI is InChI=1S/C13H12ClN3O4/c1-7(16-13(19)20)15-12(18)11-10(6-21-17-11)8-3-2-4-9(14)5-8/h2-7,16H,1H3,(H,15,18)(H,19,20). The zero-order valence-corrected chi connectivity index (χ0v) is 11.7. The van der Waals surface area contributed by atoms with E-state index in [-0.39, 0.29) is 5.69 Å². The zero-order valence-electron chi connectivity index (χ0n) is 11.0. The fourth-order valence-corrected chi connectivity index (χ4v) is 1.94. The monoisotopic (exact) mass is 309 g/mol. The first-order chi connectivity index (χ1) is 9.97. The molecule has 110 valence electrons. The normalized spacial score (nSPS) is 11.7. The quantitative estimate of drug-likeness (QED) is 0.752. The van der Waals surface area contributed by atoms with Crippen molar-refractivity contribution in [3.63, 3.8) is 0 Å². The summed E-state index contributed by atoms with van der Waals surface area (Å²) < 4.78 is 4.83. The van der Waals surface area contributed by atoms with Crippen molar-refractivity contribution < 1.29 is 19.2 Å². The van der Waals surface area contributed by atoms with Crippen molar-refractivity contribution in [2.24, 2.45) is 0 Å². The van der Waals surface area contributed by atoms with E-state index in [1.54, 1.807) is 24.3 Å². The van der Waals surface area contributed by atoms with Gasteiger partial charge in [-0.2, -0.15) is 0 Å². The molecule has 1 unspecified atom stereocenters. The Bertz CT molecular complexity index is 671. The van der Waals surface area contributed by atoms with Crippen LogP contribution in [0.4, 0.5) is 4.79 Å². The zero-order chi connectivity index (χ0) is 15.4. The van der Waals surface area contributed by atoms with E-state index in [2.05, 4.69) is 15.8 Å². The van der Waals surface area contributed by atoms with Gasteiger partial charge in [-0.25, -0.2) is 4.79 Å². The predicted octanol–water partition coefficient (Wildman–Crippen LogP) is 2.34. The summed E-state index contributed by atoms with van der Waals surface area (Å²) in [5.41, 5.74) is 1.20. The van der Waals surface area contributed by atoms with Gasteiger partial charge in [-0.15, -0.1) is 0 Å². The molecule has 1 aromatic carbocycles. The smallest absolute Gasteiger partial charge is 0.406 e. The number of hydrogen-bond acceptors (Lipinski definition) is 4. The fourth-order valence-electron chi connectivity index (χ4n) is 1.75. The number of aromatic nitrogens is 1. The molecule has 0 aliphatic heterocycles. The highest BCUT2D eigenvalue weighted by Gasteiger charge is 2.20. The van der Waals surface area contributed by atoms with E-state index in [0.717, 1.165) is 0 Å². The first kappa shape index (κ1) is 14.9. The Morgan fingerprint density at radius 2 is 2.14 bits per heavy atom. The molecule has 0 aliphatic carbocycles. The lowest BCUT2D eigenvalue weighted by atomic mass is 10.1. The molecule has 1 atom stereocenters. The Labute approximate surface area is 124 Å². The first-order valence-electron chi connectivity index (χ1n) is 5.98. The van der Waals surface area contributed by atoms with Gasteiger partial charge in [-0.3, -0.25) is 4.79 Å². The highest BCUT2D eigenvalue weighted by Crippen LogP contribution is 2.25. The van der Waals surface area contributed by atoms with Crippen LogP contribution in [-0.4, -0.2) is 28.4 Å². The van der Waals surface area contributed by atoms with Gasteiger partial charge in [0.25, 0.3) is 5.91 Å². The van der Waals surface area contributed by atoms with Crippen molar-refractivity contribution in [3.05, 3.63) is 41.2 Å². The molecule has 0 aliphatic rings. The van der Waals surface area contributed by atoms with E-state index >= 15 is 0 Å². The second kappa shape index (κ2) is 6.27. The molecule has 0 fully saturated rings. The molecule has 1 heterocycles. The van der Waals surface area contributed by atoms with Crippen LogP contribution in [0.1, 0.15) is 17.4 Å². The summed E-state index contributed by atoms with van der Waals surface area (Å²) in [6, 6.07) is 6.87. The third-order valence-corrected chi connectivity index (χ3v) is 2.84. The summed E-state index contributed by atoms with van der Waals surface area (Å²) in [4.78, 5) is 22.6. The molecule has 2 aromatic rings. The first-order valence-corrected chi connectivity index (χ1v) is 6.36. The molecular weight excluding hydrogens is 298 g/mol. The minimum absolute atomic E-state index is 0.0521. The largest absolute Gasteiger partial charge is 0.465 e. The van der Waals surface area contributed by atoms with Crippen molar-refractivity contribution >= 4 is 23.6 Å². The molecule has 8 heteroatoms. The minimum atomic E-state index is -1.24. The number of halogens is 1. The van der Waals surface area contributed by atoms with Crippen molar-refractivity contribution in [2.45, 2.75) is 13.1 Å². The van der Waals surface area contributed by atoms with Gasteiger partial charge in [-0.05, 0) is 24.6 Å². The summed E-state index contributed by atoms with van der Waals surface area (Å²) >= 11 is 5.91. The van der Waals surface area contributed by atoms with E-state index in [4.69, 9.17) is 21.2 Å². The number of hydrogen-bond donors (Lipinski definition) is 3. The van der Waals surface area contributed by atoms with Crippen molar-refractivity contribution in [2.75, 3.05) is 0 Å². The minimum Gasteiger partial charge on any atom is -0.465 e. The van der Waals surface area contributed by atoms with Crippen molar-refractivity contribution in [1.82, 2.24) is 15.8 Å².